The van der Waals surface area contributed by atoms with E-state index in [0.717, 1.165) is 38.0 Å². The number of nitrogens with one attached hydrogen (secondary N) is 1. The standard InChI is InChI=1S/C15H27N3O/c1-3-9-16-15(12-19)8-4-5-14(15)7-11-18-10-6-13(2)17-18/h6,10,14,16,19H,3-5,7-9,11-12H2,1-2H3. The molecule has 1 aliphatic rings. The third-order valence-corrected chi connectivity index (χ3v) is 4.45. The summed E-state index contributed by atoms with van der Waals surface area (Å²) < 4.78 is 2.02. The molecular formula is C15H27N3O. The van der Waals surface area contributed by atoms with Gasteiger partial charge in [-0.2, -0.15) is 5.10 Å². The van der Waals surface area contributed by atoms with Gasteiger partial charge in [-0.15, -0.1) is 0 Å². The van der Waals surface area contributed by atoms with E-state index in [1.54, 1.807) is 0 Å². The molecule has 0 aliphatic heterocycles. The van der Waals surface area contributed by atoms with E-state index >= 15 is 0 Å². The molecule has 0 saturated heterocycles. The second-order valence-electron chi connectivity index (χ2n) is 5.84. The van der Waals surface area contributed by atoms with Crippen molar-refractivity contribution in [3.8, 4) is 0 Å². The lowest BCUT2D eigenvalue weighted by molar-refractivity contribution is 0.116. The third-order valence-electron chi connectivity index (χ3n) is 4.45. The molecule has 0 aromatic carbocycles. The van der Waals surface area contributed by atoms with Crippen LogP contribution in [0, 0.1) is 12.8 Å². The van der Waals surface area contributed by atoms with E-state index in [0.29, 0.717) is 5.92 Å². The monoisotopic (exact) mass is 265 g/mol. The molecule has 4 heteroatoms. The molecule has 0 spiro atoms. The lowest BCUT2D eigenvalue weighted by Crippen LogP contribution is -2.51. The zero-order chi connectivity index (χ0) is 13.7. The Morgan fingerprint density at radius 2 is 2.42 bits per heavy atom. The normalized spacial score (nSPS) is 27.0. The predicted octanol–water partition coefficient (Wildman–Crippen LogP) is 2.11. The summed E-state index contributed by atoms with van der Waals surface area (Å²) in [5.74, 6) is 0.563. The van der Waals surface area contributed by atoms with Crippen molar-refractivity contribution >= 4 is 0 Å². The molecule has 19 heavy (non-hydrogen) atoms. The van der Waals surface area contributed by atoms with Crippen molar-refractivity contribution in [1.82, 2.24) is 15.1 Å². The van der Waals surface area contributed by atoms with Crippen molar-refractivity contribution in [2.75, 3.05) is 13.2 Å². The number of aromatic nitrogens is 2. The maximum atomic E-state index is 9.83. The van der Waals surface area contributed by atoms with E-state index in [9.17, 15) is 5.11 Å². The van der Waals surface area contributed by atoms with E-state index in [2.05, 4.69) is 17.3 Å². The van der Waals surface area contributed by atoms with Gasteiger partial charge in [0.25, 0.3) is 0 Å². The minimum absolute atomic E-state index is 0.0434. The largest absolute Gasteiger partial charge is 0.394 e. The maximum absolute atomic E-state index is 9.83. The first-order valence-corrected chi connectivity index (χ1v) is 7.56. The van der Waals surface area contributed by atoms with Crippen LogP contribution in [0.5, 0.6) is 0 Å². The molecule has 2 rings (SSSR count). The lowest BCUT2D eigenvalue weighted by Gasteiger charge is -2.35. The summed E-state index contributed by atoms with van der Waals surface area (Å²) >= 11 is 0. The number of aliphatic hydroxyl groups is 1. The Morgan fingerprint density at radius 3 is 3.05 bits per heavy atom. The summed E-state index contributed by atoms with van der Waals surface area (Å²) in [6.07, 6.45) is 7.81. The minimum Gasteiger partial charge on any atom is -0.394 e. The summed E-state index contributed by atoms with van der Waals surface area (Å²) in [5.41, 5.74) is 1.03. The highest BCUT2D eigenvalue weighted by atomic mass is 16.3. The van der Waals surface area contributed by atoms with Crippen LogP contribution in [0.2, 0.25) is 0 Å². The van der Waals surface area contributed by atoms with Gasteiger partial charge < -0.3 is 10.4 Å². The number of aliphatic hydroxyl groups excluding tert-OH is 1. The van der Waals surface area contributed by atoms with Crippen molar-refractivity contribution in [2.24, 2.45) is 5.92 Å². The highest BCUT2D eigenvalue weighted by Crippen LogP contribution is 2.38. The van der Waals surface area contributed by atoms with Crippen LogP contribution < -0.4 is 5.32 Å². The first-order chi connectivity index (χ1) is 9.20. The maximum Gasteiger partial charge on any atom is 0.0616 e. The Bertz CT molecular complexity index is 390. The summed E-state index contributed by atoms with van der Waals surface area (Å²) in [4.78, 5) is 0. The Labute approximate surface area is 116 Å². The summed E-state index contributed by atoms with van der Waals surface area (Å²) in [5, 5.41) is 17.9. The van der Waals surface area contributed by atoms with Gasteiger partial charge in [-0.25, -0.2) is 0 Å². The predicted molar refractivity (Wildman–Crippen MR) is 77.0 cm³/mol. The highest BCUT2D eigenvalue weighted by molar-refractivity contribution is 4.99. The number of nitrogens with zero attached hydrogens (tertiary/aromatic N) is 2. The molecular weight excluding hydrogens is 238 g/mol. The SMILES string of the molecule is CCCNC1(CO)CCCC1CCn1ccc(C)n1. The Morgan fingerprint density at radius 1 is 1.58 bits per heavy atom. The number of hydrogen-bond acceptors (Lipinski definition) is 3. The average Bonchev–Trinajstić information content (AvgIpc) is 3.01. The van der Waals surface area contributed by atoms with Crippen LogP contribution in [0.4, 0.5) is 0 Å². The highest BCUT2D eigenvalue weighted by Gasteiger charge is 2.41. The number of rotatable bonds is 7. The Balaban J connectivity index is 1.93. The van der Waals surface area contributed by atoms with Gasteiger partial charge in [0.05, 0.1) is 12.3 Å². The Kier molecular flexibility index (Phi) is 4.99. The molecule has 0 amide bonds. The smallest absolute Gasteiger partial charge is 0.0616 e. The minimum atomic E-state index is -0.0434. The van der Waals surface area contributed by atoms with Gasteiger partial charge in [0.15, 0.2) is 0 Å². The fraction of sp³-hybridized carbons (Fsp3) is 0.800. The summed E-state index contributed by atoms with van der Waals surface area (Å²) in [6, 6.07) is 2.04. The van der Waals surface area contributed by atoms with Crippen molar-refractivity contribution in [3.63, 3.8) is 0 Å². The second-order valence-corrected chi connectivity index (χ2v) is 5.84. The van der Waals surface area contributed by atoms with Gasteiger partial charge in [-0.3, -0.25) is 4.68 Å². The van der Waals surface area contributed by atoms with E-state index in [1.165, 1.54) is 12.8 Å². The van der Waals surface area contributed by atoms with Crippen LogP contribution in [-0.4, -0.2) is 33.6 Å². The molecule has 1 aromatic heterocycles. The molecule has 108 valence electrons. The third kappa shape index (κ3) is 3.37. The van der Waals surface area contributed by atoms with Gasteiger partial charge in [0.1, 0.15) is 0 Å². The van der Waals surface area contributed by atoms with Crippen molar-refractivity contribution in [2.45, 2.75) is 58.0 Å². The molecule has 1 heterocycles. The first-order valence-electron chi connectivity index (χ1n) is 7.56. The first kappa shape index (κ1) is 14.5. The molecule has 2 atom stereocenters. The van der Waals surface area contributed by atoms with Crippen LogP contribution >= 0.6 is 0 Å². The zero-order valence-electron chi connectivity index (χ0n) is 12.2. The van der Waals surface area contributed by atoms with Gasteiger partial charge in [0.2, 0.25) is 0 Å². The van der Waals surface area contributed by atoms with Gasteiger partial charge in [-0.05, 0) is 51.1 Å². The fourth-order valence-corrected chi connectivity index (χ4v) is 3.31. The van der Waals surface area contributed by atoms with Crippen molar-refractivity contribution in [3.05, 3.63) is 18.0 Å². The molecule has 1 saturated carbocycles. The molecule has 0 radical (unpaired) electrons. The van der Waals surface area contributed by atoms with Crippen LogP contribution in [-0.2, 0) is 6.54 Å². The van der Waals surface area contributed by atoms with Crippen LogP contribution in [0.3, 0.4) is 0 Å². The van der Waals surface area contributed by atoms with E-state index < -0.39 is 0 Å². The topological polar surface area (TPSA) is 50.1 Å². The fourth-order valence-electron chi connectivity index (χ4n) is 3.31. The van der Waals surface area contributed by atoms with Gasteiger partial charge in [0, 0.05) is 18.3 Å². The van der Waals surface area contributed by atoms with Gasteiger partial charge >= 0.3 is 0 Å². The number of hydrogen-bond donors (Lipinski definition) is 2. The van der Waals surface area contributed by atoms with Crippen molar-refractivity contribution in [1.29, 1.82) is 0 Å². The Hall–Kier alpha value is -0.870. The van der Waals surface area contributed by atoms with Crippen LogP contribution in [0.15, 0.2) is 12.3 Å². The molecule has 1 aromatic rings. The average molecular weight is 265 g/mol. The summed E-state index contributed by atoms with van der Waals surface area (Å²) in [7, 11) is 0. The number of aryl methyl sites for hydroxylation is 2. The van der Waals surface area contributed by atoms with E-state index in [-0.39, 0.29) is 12.1 Å². The second kappa shape index (κ2) is 6.53. The van der Waals surface area contributed by atoms with E-state index in [4.69, 9.17) is 0 Å². The van der Waals surface area contributed by atoms with Crippen LogP contribution in [0.1, 0.15) is 44.7 Å². The molecule has 1 fully saturated rings. The molecule has 1 aliphatic carbocycles. The molecule has 4 nitrogen and oxygen atoms in total. The molecule has 2 N–H and O–H groups in total. The van der Waals surface area contributed by atoms with Crippen molar-refractivity contribution < 1.29 is 5.11 Å². The quantitative estimate of drug-likeness (QED) is 0.794. The summed E-state index contributed by atoms with van der Waals surface area (Å²) in [6.45, 7) is 6.41. The molecule has 2 unspecified atom stereocenters. The van der Waals surface area contributed by atoms with Gasteiger partial charge in [-0.1, -0.05) is 13.3 Å². The van der Waals surface area contributed by atoms with Crippen LogP contribution in [0.25, 0.3) is 0 Å². The molecule has 0 bridgehead atoms. The lowest BCUT2D eigenvalue weighted by atomic mass is 9.85. The zero-order valence-corrected chi connectivity index (χ0v) is 12.2. The van der Waals surface area contributed by atoms with E-state index in [1.807, 2.05) is 23.9 Å².